The Morgan fingerprint density at radius 3 is 2.15 bits per heavy atom. The maximum Gasteiger partial charge on any atom is 0.0715 e. The van der Waals surface area contributed by atoms with Crippen molar-refractivity contribution in [3.8, 4) is 0 Å². The van der Waals surface area contributed by atoms with Gasteiger partial charge in [0.2, 0.25) is 0 Å². The molecule has 1 nitrogen and oxygen atoms in total. The summed E-state index contributed by atoms with van der Waals surface area (Å²) in [5.74, 6) is 0. The van der Waals surface area contributed by atoms with Crippen molar-refractivity contribution in [1.29, 1.82) is 0 Å². The molecule has 0 amide bonds. The molecule has 1 rings (SSSR count). The molecule has 72 valence electrons. The van der Waals surface area contributed by atoms with Crippen LogP contribution in [0.2, 0.25) is 0 Å². The molecule has 0 aliphatic carbocycles. The lowest BCUT2D eigenvalue weighted by Crippen LogP contribution is -1.98. The quantitative estimate of drug-likeness (QED) is 0.676. The second-order valence-corrected chi connectivity index (χ2v) is 3.66. The van der Waals surface area contributed by atoms with E-state index in [1.54, 1.807) is 7.11 Å². The molecule has 0 saturated heterocycles. The summed E-state index contributed by atoms with van der Waals surface area (Å²) >= 11 is 0. The standard InChI is InChI=1S/C12H18O/c1-8-6-12(7-13-5)11(4)10(3)9(8)2/h6H,7H2,1-5H3. The fraction of sp³-hybridized carbons (Fsp3) is 0.500. The van der Waals surface area contributed by atoms with Crippen molar-refractivity contribution in [2.75, 3.05) is 7.11 Å². The van der Waals surface area contributed by atoms with E-state index in [9.17, 15) is 0 Å². The highest BCUT2D eigenvalue weighted by Gasteiger charge is 2.05. The summed E-state index contributed by atoms with van der Waals surface area (Å²) in [6.45, 7) is 9.38. The molecule has 0 aliphatic heterocycles. The van der Waals surface area contributed by atoms with Gasteiger partial charge in [0.15, 0.2) is 0 Å². The average Bonchev–Trinajstić information content (AvgIpc) is 2.11. The highest BCUT2D eigenvalue weighted by atomic mass is 16.5. The zero-order valence-electron chi connectivity index (χ0n) is 9.19. The molecule has 0 aliphatic rings. The Bertz CT molecular complexity index is 313. The molecule has 1 aromatic rings. The molecule has 0 bridgehead atoms. The van der Waals surface area contributed by atoms with E-state index in [0.717, 1.165) is 0 Å². The van der Waals surface area contributed by atoms with Gasteiger partial charge in [-0.2, -0.15) is 0 Å². The average molecular weight is 178 g/mol. The lowest BCUT2D eigenvalue weighted by atomic mass is 9.95. The third-order valence-electron chi connectivity index (χ3n) is 2.89. The summed E-state index contributed by atoms with van der Waals surface area (Å²) in [5.41, 5.74) is 6.83. The van der Waals surface area contributed by atoms with Crippen LogP contribution in [0.1, 0.15) is 27.8 Å². The molecule has 0 aromatic heterocycles. The van der Waals surface area contributed by atoms with Crippen LogP contribution in [0, 0.1) is 27.7 Å². The molecule has 0 fully saturated rings. The third-order valence-corrected chi connectivity index (χ3v) is 2.89. The van der Waals surface area contributed by atoms with Gasteiger partial charge in [0.1, 0.15) is 0 Å². The number of rotatable bonds is 2. The highest BCUT2D eigenvalue weighted by Crippen LogP contribution is 2.21. The molecule has 0 saturated carbocycles. The Labute approximate surface area is 80.7 Å². The topological polar surface area (TPSA) is 9.23 Å². The molecule has 13 heavy (non-hydrogen) atoms. The van der Waals surface area contributed by atoms with Crippen molar-refractivity contribution in [2.24, 2.45) is 0 Å². The van der Waals surface area contributed by atoms with Gasteiger partial charge < -0.3 is 4.74 Å². The van der Waals surface area contributed by atoms with Crippen LogP contribution in [-0.2, 0) is 11.3 Å². The maximum atomic E-state index is 5.16. The minimum absolute atomic E-state index is 0.716. The zero-order chi connectivity index (χ0) is 10.0. The van der Waals surface area contributed by atoms with E-state index in [4.69, 9.17) is 4.74 Å². The van der Waals surface area contributed by atoms with Gasteiger partial charge in [0.05, 0.1) is 6.61 Å². The van der Waals surface area contributed by atoms with E-state index in [0.29, 0.717) is 6.61 Å². The molecular weight excluding hydrogens is 160 g/mol. The number of hydrogen-bond donors (Lipinski definition) is 0. The van der Waals surface area contributed by atoms with Crippen molar-refractivity contribution in [2.45, 2.75) is 34.3 Å². The number of aryl methyl sites for hydroxylation is 1. The Balaban J connectivity index is 3.24. The van der Waals surface area contributed by atoms with Gasteiger partial charge in [-0.05, 0) is 55.5 Å². The summed E-state index contributed by atoms with van der Waals surface area (Å²) in [6, 6.07) is 2.22. The summed E-state index contributed by atoms with van der Waals surface area (Å²) in [6.07, 6.45) is 0. The van der Waals surface area contributed by atoms with E-state index in [1.165, 1.54) is 27.8 Å². The van der Waals surface area contributed by atoms with Crippen molar-refractivity contribution in [3.63, 3.8) is 0 Å². The first kappa shape index (κ1) is 10.3. The monoisotopic (exact) mass is 178 g/mol. The van der Waals surface area contributed by atoms with Crippen LogP contribution in [-0.4, -0.2) is 7.11 Å². The van der Waals surface area contributed by atoms with Crippen LogP contribution in [0.5, 0.6) is 0 Å². The Morgan fingerprint density at radius 1 is 1.00 bits per heavy atom. The molecule has 0 radical (unpaired) electrons. The lowest BCUT2D eigenvalue weighted by Gasteiger charge is -2.13. The minimum atomic E-state index is 0.716. The molecule has 0 heterocycles. The van der Waals surface area contributed by atoms with Crippen molar-refractivity contribution in [1.82, 2.24) is 0 Å². The number of hydrogen-bond acceptors (Lipinski definition) is 1. The van der Waals surface area contributed by atoms with Crippen LogP contribution in [0.3, 0.4) is 0 Å². The summed E-state index contributed by atoms with van der Waals surface area (Å²) < 4.78 is 5.16. The van der Waals surface area contributed by atoms with Crippen molar-refractivity contribution >= 4 is 0 Å². The predicted molar refractivity (Wildman–Crippen MR) is 56.1 cm³/mol. The molecule has 1 aromatic carbocycles. The largest absolute Gasteiger partial charge is 0.380 e. The van der Waals surface area contributed by atoms with E-state index in [1.807, 2.05) is 0 Å². The number of methoxy groups -OCH3 is 1. The van der Waals surface area contributed by atoms with E-state index >= 15 is 0 Å². The number of ether oxygens (including phenoxy) is 1. The first-order valence-electron chi connectivity index (χ1n) is 4.63. The van der Waals surface area contributed by atoms with Crippen molar-refractivity contribution < 1.29 is 4.74 Å². The van der Waals surface area contributed by atoms with Gasteiger partial charge in [0.25, 0.3) is 0 Å². The Morgan fingerprint density at radius 2 is 1.62 bits per heavy atom. The zero-order valence-corrected chi connectivity index (χ0v) is 9.19. The number of benzene rings is 1. The predicted octanol–water partition coefficient (Wildman–Crippen LogP) is 3.07. The first-order valence-corrected chi connectivity index (χ1v) is 4.63. The SMILES string of the molecule is COCc1cc(C)c(C)c(C)c1C. The van der Waals surface area contributed by atoms with Crippen LogP contribution in [0.25, 0.3) is 0 Å². The maximum absolute atomic E-state index is 5.16. The van der Waals surface area contributed by atoms with Gasteiger partial charge in [0, 0.05) is 7.11 Å². The fourth-order valence-electron chi connectivity index (χ4n) is 1.60. The smallest absolute Gasteiger partial charge is 0.0715 e. The fourth-order valence-corrected chi connectivity index (χ4v) is 1.60. The second kappa shape index (κ2) is 3.93. The summed E-state index contributed by atoms with van der Waals surface area (Å²) in [7, 11) is 1.74. The normalized spacial score (nSPS) is 10.5. The molecule has 0 N–H and O–H groups in total. The second-order valence-electron chi connectivity index (χ2n) is 3.66. The molecule has 0 atom stereocenters. The van der Waals surface area contributed by atoms with Gasteiger partial charge in [-0.1, -0.05) is 6.07 Å². The summed E-state index contributed by atoms with van der Waals surface area (Å²) in [4.78, 5) is 0. The van der Waals surface area contributed by atoms with Gasteiger partial charge in [-0.15, -0.1) is 0 Å². The van der Waals surface area contributed by atoms with Crippen LogP contribution in [0.15, 0.2) is 6.07 Å². The van der Waals surface area contributed by atoms with Gasteiger partial charge >= 0.3 is 0 Å². The van der Waals surface area contributed by atoms with Crippen molar-refractivity contribution in [3.05, 3.63) is 33.9 Å². The minimum Gasteiger partial charge on any atom is -0.380 e. The molecule has 0 spiro atoms. The van der Waals surface area contributed by atoms with Gasteiger partial charge in [-0.25, -0.2) is 0 Å². The Kier molecular flexibility index (Phi) is 3.10. The third kappa shape index (κ3) is 1.92. The van der Waals surface area contributed by atoms with Crippen LogP contribution >= 0.6 is 0 Å². The molecule has 1 heteroatoms. The lowest BCUT2D eigenvalue weighted by molar-refractivity contribution is 0.184. The van der Waals surface area contributed by atoms with Crippen LogP contribution in [0.4, 0.5) is 0 Å². The van der Waals surface area contributed by atoms with E-state index < -0.39 is 0 Å². The van der Waals surface area contributed by atoms with E-state index in [2.05, 4.69) is 33.8 Å². The van der Waals surface area contributed by atoms with Crippen LogP contribution < -0.4 is 0 Å². The summed E-state index contributed by atoms with van der Waals surface area (Å²) in [5, 5.41) is 0. The Hall–Kier alpha value is -0.820. The molecule has 0 unspecified atom stereocenters. The van der Waals surface area contributed by atoms with E-state index in [-0.39, 0.29) is 0 Å². The van der Waals surface area contributed by atoms with Gasteiger partial charge in [-0.3, -0.25) is 0 Å². The first-order chi connectivity index (χ1) is 6.07. The molecular formula is C12H18O. The highest BCUT2D eigenvalue weighted by molar-refractivity contribution is 5.43.